The van der Waals surface area contributed by atoms with E-state index in [2.05, 4.69) is 20.1 Å². The van der Waals surface area contributed by atoms with Crippen LogP contribution >= 0.6 is 0 Å². The summed E-state index contributed by atoms with van der Waals surface area (Å²) in [6.45, 7) is 10.9. The van der Waals surface area contributed by atoms with Gasteiger partial charge in [-0.2, -0.15) is 0 Å². The first kappa shape index (κ1) is 11.9. The highest BCUT2D eigenvalue weighted by Crippen LogP contribution is 2.54. The molecule has 0 spiro atoms. The van der Waals surface area contributed by atoms with E-state index in [9.17, 15) is 5.11 Å². The largest absolute Gasteiger partial charge is 0.392 e. The molecule has 1 N–H and O–H groups in total. The molecule has 0 aromatic heterocycles. The maximum atomic E-state index is 9.19. The van der Waals surface area contributed by atoms with Crippen LogP contribution in [0.5, 0.6) is 0 Å². The van der Waals surface area contributed by atoms with Crippen LogP contribution in [0, 0.1) is 17.3 Å². The molecule has 0 unspecified atom stereocenters. The van der Waals surface area contributed by atoms with Gasteiger partial charge in [0.1, 0.15) is 0 Å². The molecule has 0 heterocycles. The van der Waals surface area contributed by atoms with Crippen LogP contribution in [0.3, 0.4) is 0 Å². The molecule has 0 bridgehead atoms. The van der Waals surface area contributed by atoms with Crippen LogP contribution in [0.1, 0.15) is 45.4 Å². The molecule has 2 rings (SSSR count). The average molecular weight is 220 g/mol. The molecule has 2 aliphatic carbocycles. The summed E-state index contributed by atoms with van der Waals surface area (Å²) in [6, 6.07) is 0. The van der Waals surface area contributed by atoms with E-state index in [0.717, 1.165) is 5.57 Å². The Morgan fingerprint density at radius 2 is 2.25 bits per heavy atom. The molecule has 0 aromatic carbocycles. The Hall–Kier alpha value is -0.560. The van der Waals surface area contributed by atoms with Gasteiger partial charge < -0.3 is 5.11 Å². The zero-order chi connectivity index (χ0) is 11.8. The highest BCUT2D eigenvalue weighted by atomic mass is 16.3. The summed E-state index contributed by atoms with van der Waals surface area (Å²) >= 11 is 0. The Morgan fingerprint density at radius 1 is 1.50 bits per heavy atom. The van der Waals surface area contributed by atoms with E-state index in [1.807, 2.05) is 0 Å². The Kier molecular flexibility index (Phi) is 3.25. The third kappa shape index (κ3) is 1.98. The molecular weight excluding hydrogens is 196 g/mol. The molecule has 2 fully saturated rings. The predicted octanol–water partition coefficient (Wildman–Crippen LogP) is 3.70. The number of hydrogen-bond donors (Lipinski definition) is 1. The zero-order valence-electron chi connectivity index (χ0n) is 10.5. The lowest BCUT2D eigenvalue weighted by atomic mass is 9.56. The number of aliphatic hydroxyl groups is 1. The van der Waals surface area contributed by atoms with Crippen molar-refractivity contribution in [3.63, 3.8) is 0 Å². The molecule has 1 heteroatoms. The fourth-order valence-corrected chi connectivity index (χ4v) is 3.72. The minimum Gasteiger partial charge on any atom is -0.392 e. The average Bonchev–Trinajstić information content (AvgIpc) is 2.27. The molecule has 2 saturated carbocycles. The van der Waals surface area contributed by atoms with Crippen LogP contribution in [0.4, 0.5) is 0 Å². The number of aliphatic hydroxyl groups excluding tert-OH is 1. The fraction of sp³-hybridized carbons (Fsp3) is 0.733. The van der Waals surface area contributed by atoms with Crippen LogP contribution in [0.2, 0.25) is 0 Å². The summed E-state index contributed by atoms with van der Waals surface area (Å²) in [7, 11) is 0. The second-order valence-corrected chi connectivity index (χ2v) is 6.01. The Morgan fingerprint density at radius 3 is 2.94 bits per heavy atom. The number of allylic oxidation sites excluding steroid dienone is 1. The van der Waals surface area contributed by atoms with E-state index < -0.39 is 0 Å². The summed E-state index contributed by atoms with van der Waals surface area (Å²) in [5.41, 5.74) is 2.96. The third-order valence-corrected chi connectivity index (χ3v) is 4.94. The maximum Gasteiger partial charge on any atom is 0.0641 e. The molecule has 16 heavy (non-hydrogen) atoms. The number of hydrogen-bond acceptors (Lipinski definition) is 1. The van der Waals surface area contributed by atoms with E-state index in [-0.39, 0.29) is 6.61 Å². The maximum absolute atomic E-state index is 9.19. The quantitative estimate of drug-likeness (QED) is 0.704. The second kappa shape index (κ2) is 4.37. The molecule has 0 saturated heterocycles. The Bertz CT molecular complexity index is 305. The summed E-state index contributed by atoms with van der Waals surface area (Å²) in [6.07, 6.45) is 7.54. The minimum atomic E-state index is 0.153. The van der Waals surface area contributed by atoms with Crippen molar-refractivity contribution in [2.75, 3.05) is 6.61 Å². The van der Waals surface area contributed by atoms with Gasteiger partial charge in [-0.1, -0.05) is 25.7 Å². The zero-order valence-corrected chi connectivity index (χ0v) is 10.5. The molecule has 0 radical (unpaired) electrons. The lowest BCUT2D eigenvalue weighted by Gasteiger charge is -2.49. The summed E-state index contributed by atoms with van der Waals surface area (Å²) in [5, 5.41) is 9.19. The normalized spacial score (nSPS) is 39.2. The van der Waals surface area contributed by atoms with Gasteiger partial charge in [-0.15, -0.1) is 0 Å². The van der Waals surface area contributed by atoms with Crippen molar-refractivity contribution in [2.24, 2.45) is 17.3 Å². The van der Waals surface area contributed by atoms with Crippen molar-refractivity contribution >= 4 is 0 Å². The van der Waals surface area contributed by atoms with E-state index >= 15 is 0 Å². The molecule has 0 aromatic rings. The summed E-state index contributed by atoms with van der Waals surface area (Å²) in [4.78, 5) is 0. The van der Waals surface area contributed by atoms with E-state index in [1.54, 1.807) is 0 Å². The van der Waals surface area contributed by atoms with Gasteiger partial charge in [-0.3, -0.25) is 0 Å². The lowest BCUT2D eigenvalue weighted by Crippen LogP contribution is -2.38. The minimum absolute atomic E-state index is 0.153. The molecular formula is C15H24O. The third-order valence-electron chi connectivity index (χ3n) is 4.94. The molecule has 90 valence electrons. The van der Waals surface area contributed by atoms with Crippen LogP contribution < -0.4 is 0 Å². The standard InChI is InChI=1S/C15H24O/c1-11-5-4-7-15(3)8-6-13(9-14(11)15)12(2)10-16/h13-14,16H,1-2,4-10H2,3H3/t13-,14-,15+/m1/s1. The topological polar surface area (TPSA) is 20.2 Å². The Labute approximate surface area is 99.3 Å². The molecule has 3 atom stereocenters. The van der Waals surface area contributed by atoms with Gasteiger partial charge in [0.25, 0.3) is 0 Å². The molecule has 2 aliphatic rings. The van der Waals surface area contributed by atoms with Crippen molar-refractivity contribution in [3.8, 4) is 0 Å². The van der Waals surface area contributed by atoms with Gasteiger partial charge in [-0.25, -0.2) is 0 Å². The van der Waals surface area contributed by atoms with Gasteiger partial charge in [0.05, 0.1) is 6.61 Å². The monoisotopic (exact) mass is 220 g/mol. The lowest BCUT2D eigenvalue weighted by molar-refractivity contribution is 0.0800. The van der Waals surface area contributed by atoms with E-state index in [4.69, 9.17) is 0 Å². The van der Waals surface area contributed by atoms with Crippen LogP contribution in [-0.2, 0) is 0 Å². The molecule has 0 amide bonds. The van der Waals surface area contributed by atoms with Crippen LogP contribution in [0.25, 0.3) is 0 Å². The Balaban J connectivity index is 2.12. The van der Waals surface area contributed by atoms with Crippen molar-refractivity contribution in [2.45, 2.75) is 45.4 Å². The van der Waals surface area contributed by atoms with Gasteiger partial charge in [0, 0.05) is 0 Å². The summed E-state index contributed by atoms with van der Waals surface area (Å²) < 4.78 is 0. The number of rotatable bonds is 2. The second-order valence-electron chi connectivity index (χ2n) is 6.01. The van der Waals surface area contributed by atoms with Crippen LogP contribution in [-0.4, -0.2) is 11.7 Å². The van der Waals surface area contributed by atoms with Gasteiger partial charge in [-0.05, 0) is 61.3 Å². The van der Waals surface area contributed by atoms with E-state index in [0.29, 0.717) is 17.3 Å². The SMILES string of the molecule is C=C(CO)[C@@H]1CC[C@]2(C)CCCC(=C)[C@H]2C1. The van der Waals surface area contributed by atoms with E-state index in [1.165, 1.54) is 44.1 Å². The highest BCUT2D eigenvalue weighted by Gasteiger charge is 2.43. The van der Waals surface area contributed by atoms with Gasteiger partial charge in [0.2, 0.25) is 0 Å². The number of fused-ring (bicyclic) bond motifs is 1. The fourth-order valence-electron chi connectivity index (χ4n) is 3.72. The predicted molar refractivity (Wildman–Crippen MR) is 68.2 cm³/mol. The van der Waals surface area contributed by atoms with Crippen molar-refractivity contribution in [1.29, 1.82) is 0 Å². The van der Waals surface area contributed by atoms with Crippen LogP contribution in [0.15, 0.2) is 24.3 Å². The molecule has 1 nitrogen and oxygen atoms in total. The van der Waals surface area contributed by atoms with Gasteiger partial charge in [0.15, 0.2) is 0 Å². The first-order chi connectivity index (χ1) is 7.57. The van der Waals surface area contributed by atoms with Crippen molar-refractivity contribution in [1.82, 2.24) is 0 Å². The van der Waals surface area contributed by atoms with Crippen molar-refractivity contribution in [3.05, 3.63) is 24.3 Å². The first-order valence-corrected chi connectivity index (χ1v) is 6.53. The molecule has 0 aliphatic heterocycles. The highest BCUT2D eigenvalue weighted by molar-refractivity contribution is 5.15. The van der Waals surface area contributed by atoms with Crippen molar-refractivity contribution < 1.29 is 5.11 Å². The first-order valence-electron chi connectivity index (χ1n) is 6.53. The van der Waals surface area contributed by atoms with Gasteiger partial charge >= 0.3 is 0 Å². The summed E-state index contributed by atoms with van der Waals surface area (Å²) in [5.74, 6) is 1.20. The smallest absolute Gasteiger partial charge is 0.0641 e.